The number of rotatable bonds is 4. The van der Waals surface area contributed by atoms with E-state index in [9.17, 15) is 16.8 Å². The van der Waals surface area contributed by atoms with Gasteiger partial charge in [0.2, 0.25) is 10.0 Å². The van der Waals surface area contributed by atoms with Crippen LogP contribution in [0.5, 0.6) is 0 Å². The predicted octanol–water partition coefficient (Wildman–Crippen LogP) is 0.00280. The maximum absolute atomic E-state index is 12.3. The van der Waals surface area contributed by atoms with Crippen LogP contribution in [-0.4, -0.2) is 34.9 Å². The molecule has 8 heteroatoms. The average molecular weight is 330 g/mol. The molecule has 21 heavy (non-hydrogen) atoms. The van der Waals surface area contributed by atoms with Crippen LogP contribution < -0.4 is 10.0 Å². The fourth-order valence-corrected chi connectivity index (χ4v) is 5.81. The molecule has 2 N–H and O–H groups in total. The molecular formula is C13H18N2O4S2. The van der Waals surface area contributed by atoms with Gasteiger partial charge in [-0.25, -0.2) is 21.6 Å². The normalized spacial score (nSPS) is 24.1. The molecular weight excluding hydrogens is 312 g/mol. The molecule has 1 saturated heterocycles. The molecule has 6 nitrogen and oxygen atoms in total. The van der Waals surface area contributed by atoms with E-state index in [1.54, 1.807) is 12.1 Å². The number of hydrogen-bond donors (Lipinski definition) is 2. The van der Waals surface area contributed by atoms with Crippen molar-refractivity contribution in [3.8, 4) is 0 Å². The molecule has 1 aromatic rings. The molecule has 0 bridgehead atoms. The smallest absolute Gasteiger partial charge is 0.240 e. The van der Waals surface area contributed by atoms with Crippen molar-refractivity contribution in [2.75, 3.05) is 18.1 Å². The van der Waals surface area contributed by atoms with E-state index in [-0.39, 0.29) is 28.9 Å². The van der Waals surface area contributed by atoms with Crippen LogP contribution in [-0.2, 0) is 33.0 Å². The van der Waals surface area contributed by atoms with Crippen molar-refractivity contribution in [2.45, 2.75) is 24.4 Å². The van der Waals surface area contributed by atoms with Gasteiger partial charge in [-0.3, -0.25) is 0 Å². The molecule has 1 fully saturated rings. The van der Waals surface area contributed by atoms with Gasteiger partial charge in [-0.1, -0.05) is 6.07 Å². The van der Waals surface area contributed by atoms with Crippen LogP contribution in [0, 0.1) is 5.92 Å². The second kappa shape index (κ2) is 5.35. The first-order valence-corrected chi connectivity index (χ1v) is 10.2. The number of nitrogens with one attached hydrogen (secondary N) is 2. The van der Waals surface area contributed by atoms with E-state index in [0.29, 0.717) is 13.0 Å². The van der Waals surface area contributed by atoms with Gasteiger partial charge in [-0.15, -0.1) is 0 Å². The molecule has 0 radical (unpaired) electrons. The zero-order valence-electron chi connectivity index (χ0n) is 11.5. The SMILES string of the molecule is O=S1(=O)CCC(CNS(=O)(=O)c2ccc3c(c2)CNC3)C1. The predicted molar refractivity (Wildman–Crippen MR) is 78.9 cm³/mol. The summed E-state index contributed by atoms with van der Waals surface area (Å²) in [5, 5.41) is 3.17. The second-order valence-corrected chi connectivity index (χ2v) is 9.65. The van der Waals surface area contributed by atoms with E-state index in [0.717, 1.165) is 17.7 Å². The Hall–Kier alpha value is -0.960. The molecule has 0 spiro atoms. The standard InChI is InChI=1S/C13H18N2O4S2/c16-20(17)4-3-10(9-20)6-15-21(18,19)13-2-1-11-7-14-8-12(11)5-13/h1-2,5,10,14-15H,3-4,6-9H2. The van der Waals surface area contributed by atoms with E-state index in [2.05, 4.69) is 10.0 Å². The molecule has 116 valence electrons. The van der Waals surface area contributed by atoms with E-state index in [1.165, 1.54) is 0 Å². The van der Waals surface area contributed by atoms with Gasteiger partial charge in [0.25, 0.3) is 0 Å². The summed E-state index contributed by atoms with van der Waals surface area (Å²) < 4.78 is 49.8. The third kappa shape index (κ3) is 3.28. The lowest BCUT2D eigenvalue weighted by Gasteiger charge is -2.11. The minimum Gasteiger partial charge on any atom is -0.309 e. The topological polar surface area (TPSA) is 92.3 Å². The highest BCUT2D eigenvalue weighted by molar-refractivity contribution is 7.91. The van der Waals surface area contributed by atoms with Crippen LogP contribution in [0.15, 0.2) is 23.1 Å². The molecule has 0 aromatic heterocycles. The highest BCUT2D eigenvalue weighted by Crippen LogP contribution is 2.21. The third-order valence-corrected chi connectivity index (χ3v) is 7.27. The number of fused-ring (bicyclic) bond motifs is 1. The Morgan fingerprint density at radius 3 is 2.71 bits per heavy atom. The Kier molecular flexibility index (Phi) is 3.81. The average Bonchev–Trinajstić information content (AvgIpc) is 3.01. The summed E-state index contributed by atoms with van der Waals surface area (Å²) in [4.78, 5) is 0.241. The van der Waals surface area contributed by atoms with E-state index >= 15 is 0 Å². The molecule has 0 amide bonds. The summed E-state index contributed by atoms with van der Waals surface area (Å²) in [7, 11) is -6.56. The van der Waals surface area contributed by atoms with Gasteiger partial charge in [0.15, 0.2) is 9.84 Å². The molecule has 2 aliphatic heterocycles. The van der Waals surface area contributed by atoms with Crippen LogP contribution in [0.4, 0.5) is 0 Å². The van der Waals surface area contributed by atoms with Gasteiger partial charge in [-0.05, 0) is 35.6 Å². The molecule has 1 atom stereocenters. The first-order valence-electron chi connectivity index (χ1n) is 6.88. The van der Waals surface area contributed by atoms with Crippen LogP contribution in [0.2, 0.25) is 0 Å². The van der Waals surface area contributed by atoms with Crippen molar-refractivity contribution in [1.82, 2.24) is 10.0 Å². The summed E-state index contributed by atoms with van der Waals surface area (Å²) >= 11 is 0. The Labute approximate surface area is 124 Å². The summed E-state index contributed by atoms with van der Waals surface area (Å²) in [6.45, 7) is 1.62. The fraction of sp³-hybridized carbons (Fsp3) is 0.538. The van der Waals surface area contributed by atoms with Gasteiger partial charge in [0.05, 0.1) is 16.4 Å². The number of benzene rings is 1. The van der Waals surface area contributed by atoms with E-state index < -0.39 is 19.9 Å². The van der Waals surface area contributed by atoms with Crippen molar-refractivity contribution < 1.29 is 16.8 Å². The maximum Gasteiger partial charge on any atom is 0.240 e. The summed E-state index contributed by atoms with van der Waals surface area (Å²) in [5.41, 5.74) is 2.12. The van der Waals surface area contributed by atoms with E-state index in [1.807, 2.05) is 6.07 Å². The Balaban J connectivity index is 1.70. The Morgan fingerprint density at radius 2 is 2.00 bits per heavy atom. The minimum absolute atomic E-state index is 0.0730. The van der Waals surface area contributed by atoms with Crippen molar-refractivity contribution in [3.63, 3.8) is 0 Å². The lowest BCUT2D eigenvalue weighted by molar-refractivity contribution is 0.543. The molecule has 0 saturated carbocycles. The Morgan fingerprint density at radius 1 is 1.24 bits per heavy atom. The van der Waals surface area contributed by atoms with Crippen LogP contribution in [0.1, 0.15) is 17.5 Å². The van der Waals surface area contributed by atoms with Gasteiger partial charge < -0.3 is 5.32 Å². The Bertz CT molecular complexity index is 756. The lowest BCUT2D eigenvalue weighted by Crippen LogP contribution is -2.30. The van der Waals surface area contributed by atoms with Crippen molar-refractivity contribution in [1.29, 1.82) is 0 Å². The van der Waals surface area contributed by atoms with Crippen LogP contribution in [0.3, 0.4) is 0 Å². The summed E-state index contributed by atoms with van der Waals surface area (Å²) in [6, 6.07) is 5.10. The highest BCUT2D eigenvalue weighted by atomic mass is 32.2. The number of sulfone groups is 1. The monoisotopic (exact) mass is 330 g/mol. The third-order valence-electron chi connectivity index (χ3n) is 4.01. The molecule has 1 unspecified atom stereocenters. The van der Waals surface area contributed by atoms with Gasteiger partial charge in [-0.2, -0.15) is 0 Å². The largest absolute Gasteiger partial charge is 0.309 e. The zero-order valence-corrected chi connectivity index (χ0v) is 13.1. The molecule has 1 aromatic carbocycles. The fourth-order valence-electron chi connectivity index (χ4n) is 2.78. The van der Waals surface area contributed by atoms with Crippen molar-refractivity contribution in [3.05, 3.63) is 29.3 Å². The first-order chi connectivity index (χ1) is 9.86. The maximum atomic E-state index is 12.3. The highest BCUT2D eigenvalue weighted by Gasteiger charge is 2.29. The van der Waals surface area contributed by atoms with Gasteiger partial charge >= 0.3 is 0 Å². The van der Waals surface area contributed by atoms with Crippen LogP contribution in [0.25, 0.3) is 0 Å². The van der Waals surface area contributed by atoms with Crippen molar-refractivity contribution in [2.24, 2.45) is 5.92 Å². The molecule has 2 heterocycles. The summed E-state index contributed by atoms with van der Waals surface area (Å²) in [5.74, 6) is 0.106. The second-order valence-electron chi connectivity index (χ2n) is 5.66. The lowest BCUT2D eigenvalue weighted by atomic mass is 10.1. The van der Waals surface area contributed by atoms with Crippen molar-refractivity contribution >= 4 is 19.9 Å². The number of sulfonamides is 1. The van der Waals surface area contributed by atoms with Gasteiger partial charge in [0, 0.05) is 19.6 Å². The molecule has 3 rings (SSSR count). The summed E-state index contributed by atoms with van der Waals surface area (Å²) in [6.07, 6.45) is 0.527. The first kappa shape index (κ1) is 15.0. The van der Waals surface area contributed by atoms with Gasteiger partial charge in [0.1, 0.15) is 0 Å². The molecule has 0 aliphatic carbocycles. The van der Waals surface area contributed by atoms with E-state index in [4.69, 9.17) is 0 Å². The molecule has 2 aliphatic rings. The minimum atomic E-state index is -3.58. The number of hydrogen-bond acceptors (Lipinski definition) is 5. The quantitative estimate of drug-likeness (QED) is 0.811. The van der Waals surface area contributed by atoms with Crippen LogP contribution >= 0.6 is 0 Å². The zero-order chi connectivity index (χ0) is 15.1.